The largest absolute Gasteiger partial charge is 0.197 e. The molecule has 6 aromatic rings. The van der Waals surface area contributed by atoms with Crippen LogP contribution in [0.1, 0.15) is 5.56 Å². The van der Waals surface area contributed by atoms with Gasteiger partial charge < -0.3 is 0 Å². The summed E-state index contributed by atoms with van der Waals surface area (Å²) in [5.41, 5.74) is 3.22. The summed E-state index contributed by atoms with van der Waals surface area (Å²) in [5, 5.41) is 14.6. The van der Waals surface area contributed by atoms with E-state index in [0.29, 0.717) is 0 Å². The molecule has 0 aliphatic carbocycles. The number of rotatable bonds is 5. The van der Waals surface area contributed by atoms with Crippen molar-refractivity contribution in [1.82, 2.24) is 15.4 Å². The normalized spacial score (nSPS) is 11.0. The quantitative estimate of drug-likeness (QED) is 0.306. The van der Waals surface area contributed by atoms with E-state index in [1.54, 1.807) is 0 Å². The molecule has 0 saturated heterocycles. The van der Waals surface area contributed by atoms with Crippen molar-refractivity contribution in [1.29, 1.82) is 0 Å². The molecule has 35 heavy (non-hydrogen) atoms. The molecule has 0 aliphatic heterocycles. The van der Waals surface area contributed by atoms with Gasteiger partial charge in [0.2, 0.25) is 0 Å². The van der Waals surface area contributed by atoms with Crippen LogP contribution < -0.4 is 15.9 Å². The van der Waals surface area contributed by atoms with Crippen molar-refractivity contribution in [3.8, 4) is 0 Å². The molecule has 0 bridgehead atoms. The number of nitrogens with zero attached hydrogens (tertiary/aromatic N) is 2. The molecular weight excluding hydrogens is 445 g/mol. The molecule has 0 aliphatic rings. The van der Waals surface area contributed by atoms with Gasteiger partial charge in [0.25, 0.3) is 0 Å². The fraction of sp³-hybridized carbons (Fsp3) is 0.0323. The Bertz CT molecular complexity index is 1320. The first kappa shape index (κ1) is 22.7. The van der Waals surface area contributed by atoms with E-state index in [1.165, 1.54) is 21.5 Å². The second-order valence-corrected chi connectivity index (χ2v) is 11.8. The molecule has 3 nitrogen and oxygen atoms in total. The van der Waals surface area contributed by atoms with Crippen LogP contribution in [-0.4, -0.2) is 15.4 Å². The van der Waals surface area contributed by atoms with Gasteiger partial charge in [-0.3, -0.25) is 0 Å². The lowest BCUT2D eigenvalue weighted by molar-refractivity contribution is 0.959. The Hall–Kier alpha value is -4.07. The van der Waals surface area contributed by atoms with Gasteiger partial charge in [0.1, 0.15) is 34.2 Å². The predicted molar refractivity (Wildman–Crippen MR) is 149 cm³/mol. The summed E-state index contributed by atoms with van der Waals surface area (Å²) in [6.45, 7) is 0. The molecule has 0 spiro atoms. The monoisotopic (exact) mass is 472 g/mol. The number of para-hydroxylation sites is 2. The van der Waals surface area contributed by atoms with Gasteiger partial charge in [-0.1, -0.05) is 97.1 Å². The maximum Gasteiger partial charge on any atom is 0.116 e. The standard InChI is InChI=1S/C25H22P.C6H5N3/c1-5-13-22(14-6-1)21-26(23-15-7-2-8-16-23,24-17-9-3-10-18-24)25-19-11-4-12-20-25;1-2-4-6-5(3-1)7-9-8-6/h1-20H,21H2;1-4H,(H,7,8,9)/q+1;. The molecule has 0 atom stereocenters. The van der Waals surface area contributed by atoms with Crippen molar-refractivity contribution in [2.75, 3.05) is 0 Å². The Morgan fingerprint density at radius 3 is 1.17 bits per heavy atom. The van der Waals surface area contributed by atoms with Crippen LogP contribution in [0.4, 0.5) is 0 Å². The van der Waals surface area contributed by atoms with Crippen molar-refractivity contribution < 1.29 is 0 Å². The lowest BCUT2D eigenvalue weighted by Gasteiger charge is -2.27. The lowest BCUT2D eigenvalue weighted by atomic mass is 10.2. The smallest absolute Gasteiger partial charge is 0.116 e. The van der Waals surface area contributed by atoms with Gasteiger partial charge >= 0.3 is 0 Å². The molecule has 4 heteroatoms. The average molecular weight is 473 g/mol. The Morgan fingerprint density at radius 1 is 0.429 bits per heavy atom. The first-order valence-corrected chi connectivity index (χ1v) is 13.7. The van der Waals surface area contributed by atoms with Crippen LogP contribution in [0.5, 0.6) is 0 Å². The van der Waals surface area contributed by atoms with Crippen LogP contribution in [0, 0.1) is 0 Å². The minimum Gasteiger partial charge on any atom is -0.197 e. The first-order valence-electron chi connectivity index (χ1n) is 11.7. The predicted octanol–water partition coefficient (Wildman–Crippen LogP) is 6.14. The third kappa shape index (κ3) is 5.06. The highest BCUT2D eigenvalue weighted by atomic mass is 31.2. The topological polar surface area (TPSA) is 41.6 Å². The van der Waals surface area contributed by atoms with Crippen molar-refractivity contribution >= 4 is 34.2 Å². The van der Waals surface area contributed by atoms with Gasteiger partial charge in [0, 0.05) is 0 Å². The molecule has 5 aromatic carbocycles. The highest BCUT2D eigenvalue weighted by Crippen LogP contribution is 2.58. The van der Waals surface area contributed by atoms with Gasteiger partial charge in [-0.25, -0.2) is 0 Å². The van der Waals surface area contributed by atoms with Crippen molar-refractivity contribution in [2.45, 2.75) is 6.16 Å². The Kier molecular flexibility index (Phi) is 7.07. The number of benzene rings is 5. The lowest BCUT2D eigenvalue weighted by Crippen LogP contribution is -2.32. The summed E-state index contributed by atoms with van der Waals surface area (Å²) in [6.07, 6.45) is 1.03. The highest BCUT2D eigenvalue weighted by Gasteiger charge is 2.45. The van der Waals surface area contributed by atoms with E-state index in [1.807, 2.05) is 24.3 Å². The van der Waals surface area contributed by atoms with Crippen LogP contribution in [0.25, 0.3) is 11.0 Å². The van der Waals surface area contributed by atoms with Crippen molar-refractivity contribution in [3.05, 3.63) is 151 Å². The van der Waals surface area contributed by atoms with Crippen molar-refractivity contribution in [2.24, 2.45) is 0 Å². The third-order valence-electron chi connectivity index (χ3n) is 6.08. The molecular formula is C31H27N3P+. The summed E-state index contributed by atoms with van der Waals surface area (Å²) in [6, 6.07) is 51.7. The SMILES string of the molecule is c1ccc(C[P+](c2ccccc2)(c2ccccc2)c2ccccc2)cc1.c1ccc2n[nH]nc2c1. The second kappa shape index (κ2) is 10.9. The first-order chi connectivity index (χ1) is 17.4. The number of aromatic nitrogens is 3. The summed E-state index contributed by atoms with van der Waals surface area (Å²) >= 11 is 0. The zero-order valence-corrected chi connectivity index (χ0v) is 20.3. The number of aromatic amines is 1. The van der Waals surface area contributed by atoms with E-state index in [4.69, 9.17) is 0 Å². The zero-order valence-electron chi connectivity index (χ0n) is 19.4. The van der Waals surface area contributed by atoms with E-state index >= 15 is 0 Å². The van der Waals surface area contributed by atoms with Crippen LogP contribution in [0.2, 0.25) is 0 Å². The third-order valence-corrected chi connectivity index (χ3v) is 10.5. The Balaban J connectivity index is 0.000000234. The molecule has 1 heterocycles. The molecule has 0 radical (unpaired) electrons. The van der Waals surface area contributed by atoms with Gasteiger partial charge in [-0.15, -0.1) is 0 Å². The number of fused-ring (bicyclic) bond motifs is 1. The van der Waals surface area contributed by atoms with Gasteiger partial charge in [0.15, 0.2) is 0 Å². The molecule has 0 unspecified atom stereocenters. The highest BCUT2D eigenvalue weighted by molar-refractivity contribution is 7.95. The fourth-order valence-electron chi connectivity index (χ4n) is 4.41. The molecule has 170 valence electrons. The summed E-state index contributed by atoms with van der Waals surface area (Å²) in [5.74, 6) is 0. The second-order valence-electron chi connectivity index (χ2n) is 8.27. The zero-order chi connectivity index (χ0) is 23.8. The maximum absolute atomic E-state index is 3.88. The number of hydrogen-bond donors (Lipinski definition) is 1. The average Bonchev–Trinajstić information content (AvgIpc) is 3.43. The molecule has 1 N–H and O–H groups in total. The Morgan fingerprint density at radius 2 is 0.771 bits per heavy atom. The molecule has 6 rings (SSSR count). The van der Waals surface area contributed by atoms with Crippen LogP contribution in [0.3, 0.4) is 0 Å². The maximum atomic E-state index is 3.88. The molecule has 0 saturated carbocycles. The summed E-state index contributed by atoms with van der Waals surface area (Å²) in [4.78, 5) is 0. The number of nitrogens with one attached hydrogen (secondary N) is 1. The molecule has 0 amide bonds. The fourth-order valence-corrected chi connectivity index (χ4v) is 8.66. The summed E-state index contributed by atoms with van der Waals surface area (Å²) in [7, 11) is -1.78. The number of H-pyrrole nitrogens is 1. The van der Waals surface area contributed by atoms with E-state index in [2.05, 4.69) is 137 Å². The van der Waals surface area contributed by atoms with E-state index in [9.17, 15) is 0 Å². The van der Waals surface area contributed by atoms with Crippen LogP contribution in [-0.2, 0) is 6.16 Å². The minimum absolute atomic E-state index is 0.914. The van der Waals surface area contributed by atoms with Crippen LogP contribution >= 0.6 is 7.26 Å². The minimum atomic E-state index is -1.78. The van der Waals surface area contributed by atoms with Crippen LogP contribution in [0.15, 0.2) is 146 Å². The van der Waals surface area contributed by atoms with E-state index in [-0.39, 0.29) is 0 Å². The van der Waals surface area contributed by atoms with Crippen molar-refractivity contribution in [3.63, 3.8) is 0 Å². The molecule has 0 fully saturated rings. The van der Waals surface area contributed by atoms with Gasteiger partial charge in [-0.2, -0.15) is 15.4 Å². The Labute approximate surface area is 206 Å². The number of hydrogen-bond acceptors (Lipinski definition) is 2. The molecule has 1 aromatic heterocycles. The van der Waals surface area contributed by atoms with E-state index < -0.39 is 7.26 Å². The summed E-state index contributed by atoms with van der Waals surface area (Å²) < 4.78 is 0. The van der Waals surface area contributed by atoms with E-state index in [0.717, 1.165) is 17.2 Å². The van der Waals surface area contributed by atoms with Gasteiger partial charge in [0.05, 0.1) is 6.16 Å². The van der Waals surface area contributed by atoms with Gasteiger partial charge in [-0.05, 0) is 54.1 Å².